The molecular formula is C17H19NO4S. The second-order valence-corrected chi connectivity index (χ2v) is 5.95. The number of hydrogen-bond acceptors (Lipinski definition) is 5. The zero-order valence-corrected chi connectivity index (χ0v) is 13.9. The van der Waals surface area contributed by atoms with Gasteiger partial charge in [-0.2, -0.15) is 0 Å². The lowest BCUT2D eigenvalue weighted by molar-refractivity contribution is -0.141. The molecule has 1 heterocycles. The van der Waals surface area contributed by atoms with Gasteiger partial charge in [0.2, 0.25) is 0 Å². The summed E-state index contributed by atoms with van der Waals surface area (Å²) in [6, 6.07) is 10.8. The van der Waals surface area contributed by atoms with Crippen molar-refractivity contribution in [2.75, 3.05) is 13.7 Å². The van der Waals surface area contributed by atoms with Crippen molar-refractivity contribution in [3.63, 3.8) is 0 Å². The van der Waals surface area contributed by atoms with Gasteiger partial charge in [-0.1, -0.05) is 24.3 Å². The van der Waals surface area contributed by atoms with Gasteiger partial charge in [-0.3, -0.25) is 9.59 Å². The fraction of sp³-hybridized carbons (Fsp3) is 0.294. The number of rotatable bonds is 7. The van der Waals surface area contributed by atoms with E-state index in [0.29, 0.717) is 5.75 Å². The minimum absolute atomic E-state index is 0.0904. The van der Waals surface area contributed by atoms with E-state index in [1.54, 1.807) is 0 Å². The van der Waals surface area contributed by atoms with Crippen LogP contribution in [0.2, 0.25) is 0 Å². The SMILES string of the molecule is COC(=O)CC(NC(=O)COc1ccccc1C)c1cccs1. The highest BCUT2D eigenvalue weighted by molar-refractivity contribution is 7.10. The van der Waals surface area contributed by atoms with Crippen LogP contribution in [-0.4, -0.2) is 25.6 Å². The van der Waals surface area contributed by atoms with E-state index in [1.807, 2.05) is 48.7 Å². The normalized spacial score (nSPS) is 11.6. The van der Waals surface area contributed by atoms with Crippen LogP contribution in [0, 0.1) is 6.92 Å². The molecule has 0 saturated carbocycles. The highest BCUT2D eigenvalue weighted by atomic mass is 32.1. The molecule has 0 radical (unpaired) electrons. The second-order valence-electron chi connectivity index (χ2n) is 4.97. The number of esters is 1. The number of ether oxygens (including phenoxy) is 2. The Morgan fingerprint density at radius 2 is 2.00 bits per heavy atom. The number of carbonyl (C=O) groups excluding carboxylic acids is 2. The molecule has 1 N–H and O–H groups in total. The quantitative estimate of drug-likeness (QED) is 0.791. The van der Waals surface area contributed by atoms with Crippen molar-refractivity contribution in [2.24, 2.45) is 0 Å². The van der Waals surface area contributed by atoms with E-state index in [4.69, 9.17) is 4.74 Å². The predicted octanol–water partition coefficient (Wildman–Crippen LogP) is 2.86. The first-order valence-electron chi connectivity index (χ1n) is 7.18. The zero-order chi connectivity index (χ0) is 16.7. The molecule has 1 amide bonds. The van der Waals surface area contributed by atoms with Gasteiger partial charge in [-0.25, -0.2) is 0 Å². The van der Waals surface area contributed by atoms with Crippen molar-refractivity contribution in [1.29, 1.82) is 0 Å². The molecule has 0 spiro atoms. The monoisotopic (exact) mass is 333 g/mol. The Morgan fingerprint density at radius 3 is 2.65 bits per heavy atom. The van der Waals surface area contributed by atoms with Gasteiger partial charge in [-0.15, -0.1) is 11.3 Å². The van der Waals surface area contributed by atoms with Gasteiger partial charge in [0.15, 0.2) is 6.61 Å². The Morgan fingerprint density at radius 1 is 1.22 bits per heavy atom. The summed E-state index contributed by atoms with van der Waals surface area (Å²) in [7, 11) is 1.33. The molecule has 6 heteroatoms. The number of amides is 1. The van der Waals surface area contributed by atoms with Crippen molar-refractivity contribution in [3.8, 4) is 5.75 Å². The van der Waals surface area contributed by atoms with Crippen LogP contribution >= 0.6 is 11.3 Å². The lowest BCUT2D eigenvalue weighted by atomic mass is 10.1. The van der Waals surface area contributed by atoms with Crippen LogP contribution < -0.4 is 10.1 Å². The summed E-state index contributed by atoms with van der Waals surface area (Å²) in [5, 5.41) is 4.72. The van der Waals surface area contributed by atoms with Gasteiger partial charge in [0, 0.05) is 4.88 Å². The van der Waals surface area contributed by atoms with Crippen molar-refractivity contribution in [3.05, 3.63) is 52.2 Å². The lowest BCUT2D eigenvalue weighted by Gasteiger charge is -2.17. The smallest absolute Gasteiger partial charge is 0.307 e. The largest absolute Gasteiger partial charge is 0.484 e. The first-order chi connectivity index (χ1) is 11.1. The molecule has 0 aliphatic rings. The molecule has 0 saturated heterocycles. The van der Waals surface area contributed by atoms with E-state index in [9.17, 15) is 9.59 Å². The van der Waals surface area contributed by atoms with Crippen molar-refractivity contribution in [1.82, 2.24) is 5.32 Å². The Bertz CT molecular complexity index is 654. The van der Waals surface area contributed by atoms with E-state index in [1.165, 1.54) is 18.4 Å². The fourth-order valence-electron chi connectivity index (χ4n) is 2.06. The Balaban J connectivity index is 1.95. The van der Waals surface area contributed by atoms with Crippen LogP contribution in [0.4, 0.5) is 0 Å². The van der Waals surface area contributed by atoms with Crippen molar-refractivity contribution in [2.45, 2.75) is 19.4 Å². The molecule has 2 rings (SSSR count). The summed E-state index contributed by atoms with van der Waals surface area (Å²) in [5.41, 5.74) is 0.963. The number of carbonyl (C=O) groups is 2. The first-order valence-corrected chi connectivity index (χ1v) is 8.06. The molecule has 1 atom stereocenters. The average Bonchev–Trinajstić information content (AvgIpc) is 3.07. The van der Waals surface area contributed by atoms with Crippen LogP contribution in [0.15, 0.2) is 41.8 Å². The number of aryl methyl sites for hydroxylation is 1. The third kappa shape index (κ3) is 5.10. The first kappa shape index (κ1) is 17.0. The molecule has 1 unspecified atom stereocenters. The highest BCUT2D eigenvalue weighted by Crippen LogP contribution is 2.22. The fourth-order valence-corrected chi connectivity index (χ4v) is 2.84. The summed E-state index contributed by atoms with van der Waals surface area (Å²) < 4.78 is 10.2. The van der Waals surface area contributed by atoms with Crippen molar-refractivity contribution < 1.29 is 19.1 Å². The third-order valence-corrected chi connectivity index (χ3v) is 4.26. The molecule has 0 bridgehead atoms. The second kappa shape index (κ2) is 8.33. The number of thiophene rings is 1. The molecule has 0 fully saturated rings. The number of nitrogens with one attached hydrogen (secondary N) is 1. The molecule has 5 nitrogen and oxygen atoms in total. The van der Waals surface area contributed by atoms with Gasteiger partial charge < -0.3 is 14.8 Å². The molecule has 1 aromatic heterocycles. The molecule has 2 aromatic rings. The van der Waals surface area contributed by atoms with Crippen LogP contribution in [0.5, 0.6) is 5.75 Å². The Hall–Kier alpha value is -2.34. The summed E-state index contributed by atoms with van der Waals surface area (Å²) in [6.07, 6.45) is 0.0904. The van der Waals surface area contributed by atoms with E-state index in [2.05, 4.69) is 10.1 Å². The Kier molecular flexibility index (Phi) is 6.17. The lowest BCUT2D eigenvalue weighted by Crippen LogP contribution is -2.33. The Labute approximate surface area is 139 Å². The van der Waals surface area contributed by atoms with Crippen LogP contribution in [0.1, 0.15) is 22.9 Å². The van der Waals surface area contributed by atoms with E-state index in [0.717, 1.165) is 10.4 Å². The number of hydrogen-bond donors (Lipinski definition) is 1. The average molecular weight is 333 g/mol. The summed E-state index contributed by atoms with van der Waals surface area (Å²) in [5.74, 6) is 0.0161. The van der Waals surface area contributed by atoms with E-state index >= 15 is 0 Å². The molecule has 23 heavy (non-hydrogen) atoms. The minimum Gasteiger partial charge on any atom is -0.484 e. The predicted molar refractivity (Wildman–Crippen MR) is 88.5 cm³/mol. The van der Waals surface area contributed by atoms with Gasteiger partial charge in [0.05, 0.1) is 19.6 Å². The molecule has 1 aromatic carbocycles. The van der Waals surface area contributed by atoms with Gasteiger partial charge in [-0.05, 0) is 30.0 Å². The van der Waals surface area contributed by atoms with E-state index < -0.39 is 6.04 Å². The minimum atomic E-state index is -0.407. The molecule has 0 aliphatic carbocycles. The maximum absolute atomic E-state index is 12.1. The standard InChI is InChI=1S/C17H19NO4S/c1-12-6-3-4-7-14(12)22-11-16(19)18-13(10-17(20)21-2)15-8-5-9-23-15/h3-9,13H,10-11H2,1-2H3,(H,18,19). The van der Waals surface area contributed by atoms with Gasteiger partial charge in [0.1, 0.15) is 5.75 Å². The molecule has 122 valence electrons. The maximum Gasteiger partial charge on any atom is 0.307 e. The van der Waals surface area contributed by atoms with E-state index in [-0.39, 0.29) is 24.9 Å². The van der Waals surface area contributed by atoms with Crippen LogP contribution in [0.3, 0.4) is 0 Å². The maximum atomic E-state index is 12.1. The third-order valence-electron chi connectivity index (χ3n) is 3.27. The summed E-state index contributed by atoms with van der Waals surface area (Å²) in [6.45, 7) is 1.81. The highest BCUT2D eigenvalue weighted by Gasteiger charge is 2.20. The number of para-hydroxylation sites is 1. The summed E-state index contributed by atoms with van der Waals surface area (Å²) >= 11 is 1.48. The molecular weight excluding hydrogens is 314 g/mol. The topological polar surface area (TPSA) is 64.6 Å². The zero-order valence-electron chi connectivity index (χ0n) is 13.1. The van der Waals surface area contributed by atoms with Crippen molar-refractivity contribution >= 4 is 23.2 Å². The number of benzene rings is 1. The number of methoxy groups -OCH3 is 1. The van der Waals surface area contributed by atoms with Crippen LogP contribution in [0.25, 0.3) is 0 Å². The van der Waals surface area contributed by atoms with Gasteiger partial charge in [0.25, 0.3) is 5.91 Å². The molecule has 0 aliphatic heterocycles. The summed E-state index contributed by atoms with van der Waals surface area (Å²) in [4.78, 5) is 24.5. The van der Waals surface area contributed by atoms with Gasteiger partial charge >= 0.3 is 5.97 Å². The van der Waals surface area contributed by atoms with Crippen LogP contribution in [-0.2, 0) is 14.3 Å².